The lowest BCUT2D eigenvalue weighted by Gasteiger charge is -2.10. The number of hydrogen-bond acceptors (Lipinski definition) is 4. The maximum atomic E-state index is 12.3. The highest BCUT2D eigenvalue weighted by atomic mass is 79.9. The SMILES string of the molecule is COc1ccc(S(=O)(=O)Nc2cc(C)c(Br)cn2)cc1Br. The van der Waals surface area contributed by atoms with Gasteiger partial charge in [-0.1, -0.05) is 0 Å². The van der Waals surface area contributed by atoms with Gasteiger partial charge in [-0.3, -0.25) is 4.72 Å². The average Bonchev–Trinajstić information content (AvgIpc) is 2.42. The standard InChI is InChI=1S/C13H12Br2N2O3S/c1-8-5-13(16-7-11(8)15)17-21(18,19)9-3-4-12(20-2)10(14)6-9/h3-7H,1-2H3,(H,16,17). The Morgan fingerprint density at radius 2 is 1.90 bits per heavy atom. The zero-order valence-corrected chi connectivity index (χ0v) is 15.2. The molecule has 0 saturated heterocycles. The van der Waals surface area contributed by atoms with Crippen LogP contribution in [0.15, 0.2) is 44.3 Å². The molecule has 1 N–H and O–H groups in total. The molecule has 1 heterocycles. The normalized spacial score (nSPS) is 11.2. The van der Waals surface area contributed by atoms with E-state index in [1.54, 1.807) is 18.3 Å². The van der Waals surface area contributed by atoms with E-state index in [2.05, 4.69) is 41.6 Å². The van der Waals surface area contributed by atoms with Gasteiger partial charge in [0.15, 0.2) is 0 Å². The first-order chi connectivity index (χ1) is 9.83. The number of aromatic nitrogens is 1. The maximum absolute atomic E-state index is 12.3. The fourth-order valence-corrected chi connectivity index (χ4v) is 3.54. The van der Waals surface area contributed by atoms with Crippen molar-refractivity contribution in [1.29, 1.82) is 0 Å². The Bertz CT molecular complexity index is 779. The highest BCUT2D eigenvalue weighted by Gasteiger charge is 2.17. The first kappa shape index (κ1) is 16.3. The summed E-state index contributed by atoms with van der Waals surface area (Å²) in [6.45, 7) is 1.85. The molecular formula is C13H12Br2N2O3S. The van der Waals surface area contributed by atoms with E-state index in [1.807, 2.05) is 6.92 Å². The quantitative estimate of drug-likeness (QED) is 0.794. The first-order valence-electron chi connectivity index (χ1n) is 5.82. The van der Waals surface area contributed by atoms with Crippen molar-refractivity contribution in [3.8, 4) is 5.75 Å². The predicted molar refractivity (Wildman–Crippen MR) is 88.2 cm³/mol. The summed E-state index contributed by atoms with van der Waals surface area (Å²) in [6.07, 6.45) is 1.55. The summed E-state index contributed by atoms with van der Waals surface area (Å²) in [5, 5.41) is 0. The number of ether oxygens (including phenoxy) is 1. The zero-order chi connectivity index (χ0) is 15.6. The van der Waals surface area contributed by atoms with Gasteiger partial charge in [-0.15, -0.1) is 0 Å². The summed E-state index contributed by atoms with van der Waals surface area (Å²) in [5.41, 5.74) is 0.888. The number of nitrogens with one attached hydrogen (secondary N) is 1. The maximum Gasteiger partial charge on any atom is 0.263 e. The molecule has 0 aliphatic carbocycles. The minimum Gasteiger partial charge on any atom is -0.496 e. The topological polar surface area (TPSA) is 68.3 Å². The minimum absolute atomic E-state index is 0.123. The molecule has 0 unspecified atom stereocenters. The van der Waals surface area contributed by atoms with E-state index >= 15 is 0 Å². The van der Waals surface area contributed by atoms with Crippen molar-refractivity contribution in [3.63, 3.8) is 0 Å². The second-order valence-electron chi connectivity index (χ2n) is 4.22. The molecule has 112 valence electrons. The number of nitrogens with zero attached hydrogens (tertiary/aromatic N) is 1. The van der Waals surface area contributed by atoms with Crippen LogP contribution in [0.4, 0.5) is 5.82 Å². The van der Waals surface area contributed by atoms with Crippen molar-refractivity contribution in [2.45, 2.75) is 11.8 Å². The number of aryl methyl sites for hydroxylation is 1. The Morgan fingerprint density at radius 1 is 1.19 bits per heavy atom. The van der Waals surface area contributed by atoms with Gasteiger partial charge in [-0.25, -0.2) is 13.4 Å². The van der Waals surface area contributed by atoms with Crippen LogP contribution in [0.2, 0.25) is 0 Å². The van der Waals surface area contributed by atoms with Crippen LogP contribution in [-0.2, 0) is 10.0 Å². The predicted octanol–water partition coefficient (Wildman–Crippen LogP) is 3.72. The molecule has 1 aromatic heterocycles. The smallest absolute Gasteiger partial charge is 0.263 e. The number of halogens is 2. The second-order valence-corrected chi connectivity index (χ2v) is 7.61. The lowest BCUT2D eigenvalue weighted by molar-refractivity contribution is 0.411. The number of pyridine rings is 1. The third-order valence-corrected chi connectivity index (χ3v) is 5.52. The molecule has 0 aliphatic rings. The number of benzene rings is 1. The Kier molecular flexibility index (Phi) is 4.90. The lowest BCUT2D eigenvalue weighted by Crippen LogP contribution is -2.14. The molecule has 0 radical (unpaired) electrons. The molecule has 5 nitrogen and oxygen atoms in total. The van der Waals surface area contributed by atoms with E-state index in [9.17, 15) is 8.42 Å². The molecule has 0 atom stereocenters. The van der Waals surface area contributed by atoms with Crippen molar-refractivity contribution in [2.75, 3.05) is 11.8 Å². The zero-order valence-electron chi connectivity index (χ0n) is 11.2. The Hall–Kier alpha value is -1.12. The van der Waals surface area contributed by atoms with Crippen molar-refractivity contribution >= 4 is 47.7 Å². The van der Waals surface area contributed by atoms with Gasteiger partial charge in [0.25, 0.3) is 10.0 Å². The van der Waals surface area contributed by atoms with E-state index in [4.69, 9.17) is 4.74 Å². The Morgan fingerprint density at radius 3 is 2.48 bits per heavy atom. The van der Waals surface area contributed by atoms with Crippen LogP contribution < -0.4 is 9.46 Å². The Labute approximate surface area is 140 Å². The number of methoxy groups -OCH3 is 1. The van der Waals surface area contributed by atoms with Crippen molar-refractivity contribution in [2.24, 2.45) is 0 Å². The second kappa shape index (κ2) is 6.33. The molecule has 2 rings (SSSR count). The summed E-state index contributed by atoms with van der Waals surface area (Å²) in [4.78, 5) is 4.16. The average molecular weight is 436 g/mol. The molecule has 0 bridgehead atoms. The van der Waals surface area contributed by atoms with E-state index in [0.717, 1.165) is 10.0 Å². The van der Waals surface area contributed by atoms with Crippen LogP contribution in [0.3, 0.4) is 0 Å². The van der Waals surface area contributed by atoms with Crippen LogP contribution in [-0.4, -0.2) is 20.5 Å². The summed E-state index contributed by atoms with van der Waals surface area (Å²) in [5.74, 6) is 0.828. The molecule has 8 heteroatoms. The number of anilines is 1. The van der Waals surface area contributed by atoms with Gasteiger partial charge < -0.3 is 4.74 Å². The van der Waals surface area contributed by atoms with Crippen molar-refractivity contribution < 1.29 is 13.2 Å². The van der Waals surface area contributed by atoms with Crippen LogP contribution in [0, 0.1) is 6.92 Å². The van der Waals surface area contributed by atoms with Crippen molar-refractivity contribution in [1.82, 2.24) is 4.98 Å². The molecular weight excluding hydrogens is 424 g/mol. The van der Waals surface area contributed by atoms with Gasteiger partial charge in [-0.05, 0) is 68.6 Å². The van der Waals surface area contributed by atoms with Gasteiger partial charge in [0.2, 0.25) is 0 Å². The Balaban J connectivity index is 2.33. The van der Waals surface area contributed by atoms with Gasteiger partial charge in [-0.2, -0.15) is 0 Å². The van der Waals surface area contributed by atoms with Crippen LogP contribution in [0.1, 0.15) is 5.56 Å². The molecule has 0 saturated carbocycles. The molecule has 0 fully saturated rings. The van der Waals surface area contributed by atoms with Gasteiger partial charge in [0.05, 0.1) is 16.5 Å². The van der Waals surface area contributed by atoms with Crippen LogP contribution in [0.25, 0.3) is 0 Å². The molecule has 21 heavy (non-hydrogen) atoms. The van der Waals surface area contributed by atoms with E-state index < -0.39 is 10.0 Å². The molecule has 2 aromatic rings. The summed E-state index contributed by atoms with van der Waals surface area (Å²) in [6, 6.07) is 6.18. The third kappa shape index (κ3) is 3.75. The number of sulfonamides is 1. The minimum atomic E-state index is -3.70. The fourth-order valence-electron chi connectivity index (χ4n) is 1.61. The van der Waals surface area contributed by atoms with Crippen LogP contribution in [0.5, 0.6) is 5.75 Å². The molecule has 1 aromatic carbocycles. The van der Waals surface area contributed by atoms with E-state index in [-0.39, 0.29) is 10.7 Å². The largest absolute Gasteiger partial charge is 0.496 e. The summed E-state index contributed by atoms with van der Waals surface area (Å²) >= 11 is 6.59. The highest BCUT2D eigenvalue weighted by molar-refractivity contribution is 9.10. The third-order valence-electron chi connectivity index (χ3n) is 2.72. The van der Waals surface area contributed by atoms with Gasteiger partial charge in [0, 0.05) is 10.7 Å². The molecule has 0 spiro atoms. The number of rotatable bonds is 4. The monoisotopic (exact) mass is 434 g/mol. The number of hydrogen-bond donors (Lipinski definition) is 1. The van der Waals surface area contributed by atoms with Gasteiger partial charge >= 0.3 is 0 Å². The first-order valence-corrected chi connectivity index (χ1v) is 8.89. The molecule has 0 aliphatic heterocycles. The highest BCUT2D eigenvalue weighted by Crippen LogP contribution is 2.28. The van der Waals surface area contributed by atoms with Crippen LogP contribution >= 0.6 is 31.9 Å². The fraction of sp³-hybridized carbons (Fsp3) is 0.154. The van der Waals surface area contributed by atoms with Gasteiger partial charge in [0.1, 0.15) is 11.6 Å². The molecule has 0 amide bonds. The lowest BCUT2D eigenvalue weighted by atomic mass is 10.3. The summed E-state index contributed by atoms with van der Waals surface area (Å²) < 4.78 is 33.6. The van der Waals surface area contributed by atoms with E-state index in [1.165, 1.54) is 19.2 Å². The van der Waals surface area contributed by atoms with E-state index in [0.29, 0.717) is 10.2 Å². The van der Waals surface area contributed by atoms with Crippen molar-refractivity contribution in [3.05, 3.63) is 45.0 Å². The summed E-state index contributed by atoms with van der Waals surface area (Å²) in [7, 11) is -2.19.